The highest BCUT2D eigenvalue weighted by molar-refractivity contribution is 5.93. The lowest BCUT2D eigenvalue weighted by molar-refractivity contribution is -0.116. The maximum atomic E-state index is 12.0. The fourth-order valence-electron chi connectivity index (χ4n) is 3.73. The molecule has 21 heavy (non-hydrogen) atoms. The van der Waals surface area contributed by atoms with Gasteiger partial charge in [-0.05, 0) is 46.8 Å². The minimum Gasteiger partial charge on any atom is -0.396 e. The van der Waals surface area contributed by atoms with E-state index in [1.165, 1.54) is 11.1 Å². The summed E-state index contributed by atoms with van der Waals surface area (Å²) >= 11 is 0. The van der Waals surface area contributed by atoms with Crippen LogP contribution in [0.4, 0.5) is 5.69 Å². The zero-order valence-electron chi connectivity index (χ0n) is 13.4. The van der Waals surface area contributed by atoms with E-state index in [1.807, 2.05) is 4.90 Å². The summed E-state index contributed by atoms with van der Waals surface area (Å²) in [7, 11) is 0. The molecule has 1 aromatic carbocycles. The van der Waals surface area contributed by atoms with E-state index in [0.29, 0.717) is 5.92 Å². The van der Waals surface area contributed by atoms with E-state index >= 15 is 0 Å². The Morgan fingerprint density at radius 1 is 1.38 bits per heavy atom. The summed E-state index contributed by atoms with van der Waals surface area (Å²) < 4.78 is 0. The highest BCUT2D eigenvalue weighted by Crippen LogP contribution is 2.55. The summed E-state index contributed by atoms with van der Waals surface area (Å²) in [5.41, 5.74) is 3.77. The molecule has 1 aromatic rings. The molecule has 1 aliphatic heterocycles. The first kappa shape index (κ1) is 14.6. The van der Waals surface area contributed by atoms with Crippen LogP contribution in [0, 0.1) is 5.92 Å². The molecular formula is C18H25NO2. The van der Waals surface area contributed by atoms with Gasteiger partial charge < -0.3 is 10.0 Å². The highest BCUT2D eigenvalue weighted by atomic mass is 16.3. The first-order valence-electron chi connectivity index (χ1n) is 7.83. The number of carbonyl (C=O) groups excluding carboxylic acids is 1. The molecule has 0 bridgehead atoms. The number of amides is 1. The Morgan fingerprint density at radius 3 is 2.67 bits per heavy atom. The van der Waals surface area contributed by atoms with E-state index in [-0.39, 0.29) is 23.3 Å². The third kappa shape index (κ3) is 2.18. The minimum atomic E-state index is 0.0772. The molecule has 0 saturated heterocycles. The van der Waals surface area contributed by atoms with Crippen molar-refractivity contribution in [3.05, 3.63) is 29.3 Å². The quantitative estimate of drug-likeness (QED) is 0.908. The highest BCUT2D eigenvalue weighted by Gasteiger charge is 2.51. The summed E-state index contributed by atoms with van der Waals surface area (Å²) in [4.78, 5) is 13.9. The number of rotatable bonds is 2. The largest absolute Gasteiger partial charge is 0.396 e. The zero-order valence-corrected chi connectivity index (χ0v) is 13.4. The summed E-state index contributed by atoms with van der Waals surface area (Å²) in [6, 6.07) is 6.57. The predicted octanol–water partition coefficient (Wildman–Crippen LogP) is 2.99. The normalized spacial score (nSPS) is 30.0. The van der Waals surface area contributed by atoms with Gasteiger partial charge in [0.15, 0.2) is 0 Å². The average Bonchev–Trinajstić information content (AvgIpc) is 3.10. The number of benzene rings is 1. The standard InChI is InChI=1S/C18H25NO2/c1-12(21)19-8-7-17(2,3)15-6-5-13(9-16(15)19)18(4)10-14(18)11-20/h5-6,9,14,20H,7-8,10-11H2,1-4H3. The van der Waals surface area contributed by atoms with E-state index in [0.717, 1.165) is 25.1 Å². The number of hydrogen-bond acceptors (Lipinski definition) is 2. The Bertz CT molecular complexity index is 593. The van der Waals surface area contributed by atoms with Crippen LogP contribution in [0.3, 0.4) is 0 Å². The lowest BCUT2D eigenvalue weighted by atomic mass is 9.76. The maximum Gasteiger partial charge on any atom is 0.223 e. The molecule has 2 unspecified atom stereocenters. The third-order valence-corrected chi connectivity index (χ3v) is 5.65. The Labute approximate surface area is 127 Å². The molecule has 0 radical (unpaired) electrons. The smallest absolute Gasteiger partial charge is 0.223 e. The molecule has 2 aliphatic rings. The van der Waals surface area contributed by atoms with Gasteiger partial charge in [-0.3, -0.25) is 4.79 Å². The topological polar surface area (TPSA) is 40.5 Å². The number of aliphatic hydroxyl groups is 1. The van der Waals surface area contributed by atoms with Crippen molar-refractivity contribution in [1.82, 2.24) is 0 Å². The van der Waals surface area contributed by atoms with Crippen molar-refractivity contribution in [2.45, 2.75) is 51.4 Å². The molecule has 3 rings (SSSR count). The molecule has 2 atom stereocenters. The number of anilines is 1. The fraction of sp³-hybridized carbons (Fsp3) is 0.611. The first-order valence-corrected chi connectivity index (χ1v) is 7.83. The van der Waals surface area contributed by atoms with Gasteiger partial charge >= 0.3 is 0 Å². The van der Waals surface area contributed by atoms with Gasteiger partial charge in [-0.1, -0.05) is 32.9 Å². The number of fused-ring (bicyclic) bond motifs is 1. The number of nitrogens with zero attached hydrogens (tertiary/aromatic N) is 1. The number of aliphatic hydroxyl groups excluding tert-OH is 1. The van der Waals surface area contributed by atoms with Crippen molar-refractivity contribution in [2.75, 3.05) is 18.1 Å². The molecule has 1 saturated carbocycles. The van der Waals surface area contributed by atoms with Gasteiger partial charge in [0.1, 0.15) is 0 Å². The van der Waals surface area contributed by atoms with E-state index in [4.69, 9.17) is 0 Å². The first-order chi connectivity index (χ1) is 9.79. The molecular weight excluding hydrogens is 262 g/mol. The van der Waals surface area contributed by atoms with Gasteiger partial charge in [0.05, 0.1) is 0 Å². The number of carbonyl (C=O) groups is 1. The third-order valence-electron chi connectivity index (χ3n) is 5.65. The van der Waals surface area contributed by atoms with Gasteiger partial charge in [-0.25, -0.2) is 0 Å². The lowest BCUT2D eigenvalue weighted by Gasteiger charge is -2.39. The Kier molecular flexibility index (Phi) is 3.17. The van der Waals surface area contributed by atoms with Crippen LogP contribution in [0.5, 0.6) is 0 Å². The van der Waals surface area contributed by atoms with E-state index in [1.54, 1.807) is 6.92 Å². The summed E-state index contributed by atoms with van der Waals surface area (Å²) in [5.74, 6) is 0.474. The predicted molar refractivity (Wildman–Crippen MR) is 84.7 cm³/mol. The monoisotopic (exact) mass is 287 g/mol. The zero-order chi connectivity index (χ0) is 15.4. The summed E-state index contributed by atoms with van der Waals surface area (Å²) in [5, 5.41) is 9.40. The second-order valence-electron chi connectivity index (χ2n) is 7.54. The molecule has 0 aromatic heterocycles. The van der Waals surface area contributed by atoms with Crippen molar-refractivity contribution < 1.29 is 9.90 Å². The Hall–Kier alpha value is -1.35. The van der Waals surface area contributed by atoms with Crippen molar-refractivity contribution in [1.29, 1.82) is 0 Å². The fourth-order valence-corrected chi connectivity index (χ4v) is 3.73. The minimum absolute atomic E-state index is 0.0772. The van der Waals surface area contributed by atoms with Gasteiger partial charge in [0.2, 0.25) is 5.91 Å². The molecule has 1 heterocycles. The summed E-state index contributed by atoms with van der Waals surface area (Å²) in [6.45, 7) is 9.39. The molecule has 3 heteroatoms. The van der Waals surface area contributed by atoms with Crippen LogP contribution >= 0.6 is 0 Å². The SMILES string of the molecule is CC(=O)N1CCC(C)(C)c2ccc(C3(C)CC3CO)cc21. The van der Waals surface area contributed by atoms with E-state index in [2.05, 4.69) is 39.0 Å². The maximum absolute atomic E-state index is 12.0. The Balaban J connectivity index is 2.07. The van der Waals surface area contributed by atoms with Crippen molar-refractivity contribution in [2.24, 2.45) is 5.92 Å². The lowest BCUT2D eigenvalue weighted by Crippen LogP contribution is -2.40. The molecule has 3 nitrogen and oxygen atoms in total. The van der Waals surface area contributed by atoms with Crippen LogP contribution in [-0.4, -0.2) is 24.2 Å². The van der Waals surface area contributed by atoms with Crippen LogP contribution in [0.2, 0.25) is 0 Å². The van der Waals surface area contributed by atoms with E-state index < -0.39 is 0 Å². The molecule has 1 aliphatic carbocycles. The van der Waals surface area contributed by atoms with Crippen LogP contribution < -0.4 is 4.90 Å². The second-order valence-corrected chi connectivity index (χ2v) is 7.54. The van der Waals surface area contributed by atoms with Crippen LogP contribution in [0.1, 0.15) is 51.7 Å². The van der Waals surface area contributed by atoms with Crippen molar-refractivity contribution in [3.63, 3.8) is 0 Å². The molecule has 0 spiro atoms. The molecule has 1 amide bonds. The van der Waals surface area contributed by atoms with Crippen molar-refractivity contribution >= 4 is 11.6 Å². The van der Waals surface area contributed by atoms with E-state index in [9.17, 15) is 9.90 Å². The van der Waals surface area contributed by atoms with Crippen LogP contribution in [0.25, 0.3) is 0 Å². The van der Waals surface area contributed by atoms with Gasteiger partial charge in [-0.2, -0.15) is 0 Å². The molecule has 1 fully saturated rings. The van der Waals surface area contributed by atoms with Gasteiger partial charge in [0.25, 0.3) is 0 Å². The number of hydrogen-bond donors (Lipinski definition) is 1. The van der Waals surface area contributed by atoms with Gasteiger partial charge in [0, 0.05) is 25.8 Å². The van der Waals surface area contributed by atoms with Crippen LogP contribution in [0.15, 0.2) is 18.2 Å². The van der Waals surface area contributed by atoms with Crippen molar-refractivity contribution in [3.8, 4) is 0 Å². The molecule has 1 N–H and O–H groups in total. The van der Waals surface area contributed by atoms with Crippen LogP contribution in [-0.2, 0) is 15.6 Å². The Morgan fingerprint density at radius 2 is 2.10 bits per heavy atom. The average molecular weight is 287 g/mol. The molecule has 114 valence electrons. The van der Waals surface area contributed by atoms with Gasteiger partial charge in [-0.15, -0.1) is 0 Å². The second kappa shape index (κ2) is 4.57. The summed E-state index contributed by atoms with van der Waals surface area (Å²) in [6.07, 6.45) is 2.03.